The Morgan fingerprint density at radius 1 is 1.48 bits per heavy atom. The molecule has 0 saturated carbocycles. The molecule has 0 aliphatic carbocycles. The number of rotatable bonds is 3. The lowest BCUT2D eigenvalue weighted by atomic mass is 9.40. The first-order chi connectivity index (χ1) is 12.2. The predicted molar refractivity (Wildman–Crippen MR) is 96.2 cm³/mol. The number of hydrogen-bond acceptors (Lipinski definition) is 6. The zero-order valence-corrected chi connectivity index (χ0v) is 14.6. The summed E-state index contributed by atoms with van der Waals surface area (Å²) >= 11 is 0. The van der Waals surface area contributed by atoms with Gasteiger partial charge in [-0.05, 0) is 12.3 Å². The normalized spacial score (nSPS) is 23.2. The quantitative estimate of drug-likeness (QED) is 0.852. The zero-order chi connectivity index (χ0) is 17.4. The van der Waals surface area contributed by atoms with Gasteiger partial charge in [0, 0.05) is 43.0 Å². The number of allylic oxidation sites excluding steroid dienone is 1. The highest BCUT2D eigenvalue weighted by atomic mass is 16.5. The maximum Gasteiger partial charge on any atom is 0.268 e. The van der Waals surface area contributed by atoms with E-state index in [9.17, 15) is 5.26 Å². The standard InChI is InChI=1S/C17H21BN6O/c1-23-10-13(8-20-23)14-9-21-24-16(25-2)6-15(22-17(14)24)12-4-3-5-18(7-12)11-19/h6,8,10,12,21H,3-5,7,9H2,1-2H3. The average Bonchev–Trinajstić information content (AvgIpc) is 3.26. The van der Waals surface area contributed by atoms with Crippen molar-refractivity contribution in [1.82, 2.24) is 20.2 Å². The van der Waals surface area contributed by atoms with Gasteiger partial charge in [0.15, 0.2) is 5.82 Å². The molecule has 8 heteroatoms. The summed E-state index contributed by atoms with van der Waals surface area (Å²) < 4.78 is 7.39. The smallest absolute Gasteiger partial charge is 0.268 e. The van der Waals surface area contributed by atoms with Crippen molar-refractivity contribution < 1.29 is 4.74 Å². The van der Waals surface area contributed by atoms with Crippen LogP contribution in [0.2, 0.25) is 12.6 Å². The van der Waals surface area contributed by atoms with Gasteiger partial charge in [-0.2, -0.15) is 5.10 Å². The van der Waals surface area contributed by atoms with Crippen molar-refractivity contribution in [3.05, 3.63) is 35.7 Å². The number of fused-ring (bicyclic) bond motifs is 1. The number of nitrogens with one attached hydrogen (secondary N) is 1. The lowest BCUT2D eigenvalue weighted by Crippen LogP contribution is -2.36. The number of aliphatic imine (C=N–C) groups is 1. The largest absolute Gasteiger partial charge is 0.481 e. The second-order valence-electron chi connectivity index (χ2n) is 6.79. The van der Waals surface area contributed by atoms with Crippen LogP contribution in [0.5, 0.6) is 0 Å². The minimum Gasteiger partial charge on any atom is -0.481 e. The Balaban J connectivity index is 1.72. The van der Waals surface area contributed by atoms with E-state index in [0.29, 0.717) is 12.5 Å². The summed E-state index contributed by atoms with van der Waals surface area (Å²) in [6.45, 7) is 0.816. The van der Waals surface area contributed by atoms with Crippen molar-refractivity contribution in [2.75, 3.05) is 13.7 Å². The third kappa shape index (κ3) is 2.85. The number of nitrogens with zero attached hydrogens (tertiary/aromatic N) is 5. The molecule has 0 amide bonds. The van der Waals surface area contributed by atoms with Crippen LogP contribution in [0.15, 0.2) is 35.2 Å². The van der Waals surface area contributed by atoms with E-state index in [1.807, 2.05) is 30.5 Å². The highest BCUT2D eigenvalue weighted by molar-refractivity contribution is 6.67. The summed E-state index contributed by atoms with van der Waals surface area (Å²) in [4.78, 5) is 4.96. The van der Waals surface area contributed by atoms with Crippen LogP contribution < -0.4 is 5.43 Å². The Hall–Kier alpha value is -2.53. The molecule has 7 nitrogen and oxygen atoms in total. The molecule has 3 aliphatic heterocycles. The Morgan fingerprint density at radius 2 is 2.36 bits per heavy atom. The Morgan fingerprint density at radius 3 is 3.08 bits per heavy atom. The number of ether oxygens (including phenoxy) is 1. The number of hydrogen-bond donors (Lipinski definition) is 1. The molecule has 1 aromatic heterocycles. The van der Waals surface area contributed by atoms with E-state index >= 15 is 0 Å². The third-order valence-corrected chi connectivity index (χ3v) is 5.16. The summed E-state index contributed by atoms with van der Waals surface area (Å²) in [7, 11) is 3.59. The van der Waals surface area contributed by atoms with Gasteiger partial charge >= 0.3 is 0 Å². The van der Waals surface area contributed by atoms with Crippen LogP contribution in [0.4, 0.5) is 0 Å². The van der Waals surface area contributed by atoms with Crippen LogP contribution in [0, 0.1) is 17.1 Å². The third-order valence-electron chi connectivity index (χ3n) is 5.16. The Labute approximate surface area is 147 Å². The molecule has 4 rings (SSSR count). The van der Waals surface area contributed by atoms with Crippen molar-refractivity contribution in [1.29, 1.82) is 5.26 Å². The zero-order valence-electron chi connectivity index (χ0n) is 14.6. The van der Waals surface area contributed by atoms with Crippen LogP contribution in [-0.2, 0) is 11.8 Å². The van der Waals surface area contributed by atoms with Crippen molar-refractivity contribution >= 4 is 18.0 Å². The summed E-state index contributed by atoms with van der Waals surface area (Å²) in [5, 5.41) is 15.5. The monoisotopic (exact) mass is 336 g/mol. The fourth-order valence-corrected chi connectivity index (χ4v) is 3.84. The van der Waals surface area contributed by atoms with E-state index in [4.69, 9.17) is 9.73 Å². The lowest BCUT2D eigenvalue weighted by molar-refractivity contribution is 0.152. The second kappa shape index (κ2) is 6.41. The first-order valence-corrected chi connectivity index (χ1v) is 8.69. The maximum atomic E-state index is 9.28. The number of nitriles is 1. The van der Waals surface area contributed by atoms with Gasteiger partial charge in [-0.1, -0.05) is 19.1 Å². The molecule has 0 bridgehead atoms. The minimum absolute atomic E-state index is 0.132. The van der Waals surface area contributed by atoms with Crippen molar-refractivity contribution in [3.8, 4) is 5.97 Å². The highest BCUT2D eigenvalue weighted by Crippen LogP contribution is 2.35. The Bertz CT molecular complexity index is 817. The van der Waals surface area contributed by atoms with E-state index in [1.54, 1.807) is 11.8 Å². The topological polar surface area (TPSA) is 78.5 Å². The molecular weight excluding hydrogens is 315 g/mol. The molecule has 1 aromatic rings. The second-order valence-corrected chi connectivity index (χ2v) is 6.79. The molecule has 1 N–H and O–H groups in total. The molecule has 4 heterocycles. The van der Waals surface area contributed by atoms with E-state index in [1.165, 1.54) is 0 Å². The van der Waals surface area contributed by atoms with E-state index in [0.717, 1.165) is 54.0 Å². The van der Waals surface area contributed by atoms with Crippen LogP contribution in [0.1, 0.15) is 18.4 Å². The fourth-order valence-electron chi connectivity index (χ4n) is 3.84. The molecule has 25 heavy (non-hydrogen) atoms. The van der Waals surface area contributed by atoms with Gasteiger partial charge in [-0.25, -0.2) is 20.7 Å². The van der Waals surface area contributed by atoms with E-state index < -0.39 is 0 Å². The van der Waals surface area contributed by atoms with Crippen LogP contribution in [0.3, 0.4) is 0 Å². The number of hydrazine groups is 1. The SMILES string of the molecule is COC1=CC(C2CCCB(C#N)C2)=NC2=C(c3cnn(C)c3)CNN12. The molecule has 0 aromatic carbocycles. The van der Waals surface area contributed by atoms with Gasteiger partial charge in [-0.15, -0.1) is 0 Å². The summed E-state index contributed by atoms with van der Waals surface area (Å²) in [6.07, 6.45) is 9.90. The van der Waals surface area contributed by atoms with Crippen LogP contribution in [0.25, 0.3) is 5.57 Å². The summed E-state index contributed by atoms with van der Waals surface area (Å²) in [5.74, 6) is 4.37. The number of aromatic nitrogens is 2. The molecule has 1 atom stereocenters. The molecule has 0 radical (unpaired) electrons. The maximum absolute atomic E-state index is 9.28. The highest BCUT2D eigenvalue weighted by Gasteiger charge is 2.34. The Kier molecular flexibility index (Phi) is 4.10. The summed E-state index contributed by atoms with van der Waals surface area (Å²) in [6, 6.07) is 0. The molecule has 0 spiro atoms. The fraction of sp³-hybridized carbons (Fsp3) is 0.471. The van der Waals surface area contributed by atoms with Gasteiger partial charge in [0.2, 0.25) is 5.88 Å². The van der Waals surface area contributed by atoms with E-state index in [-0.39, 0.29) is 6.71 Å². The van der Waals surface area contributed by atoms with Gasteiger partial charge in [0.25, 0.3) is 6.71 Å². The summed E-state index contributed by atoms with van der Waals surface area (Å²) in [5.41, 5.74) is 6.53. The lowest BCUT2D eigenvalue weighted by Gasteiger charge is -2.30. The molecular formula is C17H21BN6O. The molecule has 1 unspecified atom stereocenters. The molecule has 128 valence electrons. The first-order valence-electron chi connectivity index (χ1n) is 8.69. The van der Waals surface area contributed by atoms with Gasteiger partial charge in [0.1, 0.15) is 0 Å². The molecule has 1 saturated heterocycles. The van der Waals surface area contributed by atoms with Crippen molar-refractivity contribution in [2.45, 2.75) is 25.5 Å². The molecule has 3 aliphatic rings. The van der Waals surface area contributed by atoms with Gasteiger partial charge in [-0.3, -0.25) is 4.68 Å². The van der Waals surface area contributed by atoms with Gasteiger partial charge < -0.3 is 4.74 Å². The van der Waals surface area contributed by atoms with E-state index in [2.05, 4.69) is 16.5 Å². The van der Waals surface area contributed by atoms with Crippen LogP contribution >= 0.6 is 0 Å². The predicted octanol–water partition coefficient (Wildman–Crippen LogP) is 1.82. The van der Waals surface area contributed by atoms with Crippen LogP contribution in [-0.4, -0.2) is 40.9 Å². The number of methoxy groups -OCH3 is 1. The number of aryl methyl sites for hydroxylation is 1. The average molecular weight is 336 g/mol. The molecule has 1 fully saturated rings. The van der Waals surface area contributed by atoms with Crippen molar-refractivity contribution in [3.63, 3.8) is 0 Å². The minimum atomic E-state index is 0.132. The van der Waals surface area contributed by atoms with Crippen molar-refractivity contribution in [2.24, 2.45) is 18.0 Å². The van der Waals surface area contributed by atoms with Gasteiger partial charge in [0.05, 0.1) is 19.0 Å². The first kappa shape index (κ1) is 16.0.